The molecule has 20 heavy (non-hydrogen) atoms. The fourth-order valence-corrected chi connectivity index (χ4v) is 1.68. The van der Waals surface area contributed by atoms with Gasteiger partial charge in [0.05, 0.1) is 0 Å². The van der Waals surface area contributed by atoms with Gasteiger partial charge in [0.25, 0.3) is 0 Å². The Kier molecular flexibility index (Phi) is 4.00. The van der Waals surface area contributed by atoms with Gasteiger partial charge in [-0.2, -0.15) is 0 Å². The fraction of sp³-hybridized carbons (Fsp3) is 0.0667. The number of aromatic nitrogens is 2. The van der Waals surface area contributed by atoms with Gasteiger partial charge >= 0.3 is 5.97 Å². The van der Waals surface area contributed by atoms with Crippen molar-refractivity contribution in [2.45, 2.75) is 6.92 Å². The third kappa shape index (κ3) is 3.14. The number of rotatable bonds is 4. The summed E-state index contributed by atoms with van der Waals surface area (Å²) in [4.78, 5) is 31.3. The van der Waals surface area contributed by atoms with E-state index < -0.39 is 11.8 Å². The molecule has 0 aliphatic carbocycles. The quantitative estimate of drug-likeness (QED) is 0.397. The highest BCUT2D eigenvalue weighted by atomic mass is 16.4. The third-order valence-electron chi connectivity index (χ3n) is 2.60. The maximum Gasteiger partial charge on any atom is 0.339 e. The summed E-state index contributed by atoms with van der Waals surface area (Å²) >= 11 is 0. The minimum Gasteiger partial charge on any atom is -0.478 e. The summed E-state index contributed by atoms with van der Waals surface area (Å²) in [5.41, 5.74) is 1.13. The van der Waals surface area contributed by atoms with Gasteiger partial charge in [0.15, 0.2) is 0 Å². The number of hydrogen-bond acceptors (Lipinski definition) is 4. The Hall–Kier alpha value is -2.82. The molecule has 2 rings (SSSR count). The van der Waals surface area contributed by atoms with E-state index in [1.165, 1.54) is 18.3 Å². The molecular weight excluding hydrogens is 256 g/mol. The Labute approximate surface area is 115 Å². The van der Waals surface area contributed by atoms with Crippen LogP contribution in [0.25, 0.3) is 6.08 Å². The van der Waals surface area contributed by atoms with Crippen LogP contribution in [0, 0.1) is 6.92 Å². The summed E-state index contributed by atoms with van der Waals surface area (Å²) in [7, 11) is 0. The molecular formula is C15H12N2O3. The Morgan fingerprint density at radius 1 is 1.15 bits per heavy atom. The average Bonchev–Trinajstić information content (AvgIpc) is 2.45. The number of nitrogens with zero attached hydrogens (tertiary/aromatic N) is 2. The molecule has 0 saturated carbocycles. The van der Waals surface area contributed by atoms with Crippen molar-refractivity contribution in [3.8, 4) is 0 Å². The molecule has 5 heteroatoms. The zero-order chi connectivity index (χ0) is 14.5. The molecule has 0 saturated heterocycles. The number of carboxylic acid groups (broad SMARTS) is 1. The highest BCUT2D eigenvalue weighted by Gasteiger charge is 2.20. The summed E-state index contributed by atoms with van der Waals surface area (Å²) in [6.07, 6.45) is 4.34. The zero-order valence-corrected chi connectivity index (χ0v) is 10.8. The first-order valence-electron chi connectivity index (χ1n) is 5.91. The predicted octanol–water partition coefficient (Wildman–Crippen LogP) is 2.14. The van der Waals surface area contributed by atoms with Gasteiger partial charge in [-0.05, 0) is 42.8 Å². The van der Waals surface area contributed by atoms with Crippen LogP contribution in [-0.2, 0) is 4.79 Å². The van der Waals surface area contributed by atoms with Crippen molar-refractivity contribution in [2.24, 2.45) is 0 Å². The monoisotopic (exact) mass is 268 g/mol. The number of aryl methyl sites for hydroxylation is 1. The van der Waals surface area contributed by atoms with Crippen molar-refractivity contribution in [3.63, 3.8) is 0 Å². The standard InChI is InChI=1S/C15H12N2O3/c1-10-8-11(5-7-16-10)9-12(15(19)20)14(18)13-4-2-3-6-17-13/h2-9H,1H3,(H,19,20). The lowest BCUT2D eigenvalue weighted by molar-refractivity contribution is -0.132. The number of Topliss-reactive ketones (excluding diaryl/α,β-unsaturated/α-hetero) is 1. The van der Waals surface area contributed by atoms with Crippen LogP contribution in [0.1, 0.15) is 21.7 Å². The van der Waals surface area contributed by atoms with Gasteiger partial charge in [-0.3, -0.25) is 14.8 Å². The van der Waals surface area contributed by atoms with Gasteiger partial charge in [0.1, 0.15) is 11.3 Å². The molecule has 1 N–H and O–H groups in total. The van der Waals surface area contributed by atoms with Gasteiger partial charge in [-0.25, -0.2) is 4.79 Å². The number of pyridine rings is 2. The van der Waals surface area contributed by atoms with E-state index in [2.05, 4.69) is 9.97 Å². The Morgan fingerprint density at radius 3 is 2.55 bits per heavy atom. The van der Waals surface area contributed by atoms with E-state index in [1.54, 1.807) is 37.4 Å². The molecule has 0 atom stereocenters. The first-order valence-corrected chi connectivity index (χ1v) is 5.91. The van der Waals surface area contributed by atoms with Crippen molar-refractivity contribution in [3.05, 3.63) is 65.2 Å². The SMILES string of the molecule is Cc1cc(C=C(C(=O)O)C(=O)c2ccccn2)ccn1. The van der Waals surface area contributed by atoms with Crippen LogP contribution in [0.5, 0.6) is 0 Å². The summed E-state index contributed by atoms with van der Waals surface area (Å²) in [5, 5.41) is 9.20. The number of carbonyl (C=O) groups is 2. The molecule has 2 aromatic rings. The van der Waals surface area contributed by atoms with Gasteiger partial charge in [-0.1, -0.05) is 6.07 Å². The number of ketones is 1. The van der Waals surface area contributed by atoms with Crippen LogP contribution in [0.3, 0.4) is 0 Å². The van der Waals surface area contributed by atoms with Crippen molar-refractivity contribution < 1.29 is 14.7 Å². The molecule has 0 spiro atoms. The number of carboxylic acids is 1. The van der Waals surface area contributed by atoms with Crippen LogP contribution in [0.15, 0.2) is 48.3 Å². The molecule has 5 nitrogen and oxygen atoms in total. The molecule has 0 aromatic carbocycles. The second kappa shape index (κ2) is 5.88. The van der Waals surface area contributed by atoms with E-state index in [-0.39, 0.29) is 11.3 Å². The lowest BCUT2D eigenvalue weighted by atomic mass is 10.0. The van der Waals surface area contributed by atoms with Gasteiger partial charge in [0.2, 0.25) is 5.78 Å². The van der Waals surface area contributed by atoms with E-state index in [0.717, 1.165) is 5.69 Å². The molecule has 0 aliphatic heterocycles. The van der Waals surface area contributed by atoms with Crippen LogP contribution in [-0.4, -0.2) is 26.8 Å². The van der Waals surface area contributed by atoms with Crippen molar-refractivity contribution in [2.75, 3.05) is 0 Å². The van der Waals surface area contributed by atoms with E-state index >= 15 is 0 Å². The topological polar surface area (TPSA) is 80.1 Å². The Balaban J connectivity index is 2.42. The normalized spacial score (nSPS) is 11.2. The highest BCUT2D eigenvalue weighted by molar-refractivity contribution is 6.25. The zero-order valence-electron chi connectivity index (χ0n) is 10.8. The summed E-state index contributed by atoms with van der Waals surface area (Å²) in [5.74, 6) is -1.90. The van der Waals surface area contributed by atoms with Crippen molar-refractivity contribution in [1.29, 1.82) is 0 Å². The first kappa shape index (κ1) is 13.6. The smallest absolute Gasteiger partial charge is 0.339 e. The molecule has 0 unspecified atom stereocenters. The van der Waals surface area contributed by atoms with E-state index in [1.807, 2.05) is 0 Å². The lowest BCUT2D eigenvalue weighted by Gasteiger charge is -2.02. The van der Waals surface area contributed by atoms with Crippen molar-refractivity contribution in [1.82, 2.24) is 9.97 Å². The van der Waals surface area contributed by atoms with Gasteiger partial charge in [0, 0.05) is 18.1 Å². The molecule has 2 aromatic heterocycles. The maximum absolute atomic E-state index is 12.1. The molecule has 100 valence electrons. The van der Waals surface area contributed by atoms with Gasteiger partial charge in [-0.15, -0.1) is 0 Å². The van der Waals surface area contributed by atoms with E-state index in [0.29, 0.717) is 5.56 Å². The largest absolute Gasteiger partial charge is 0.478 e. The molecule has 2 heterocycles. The van der Waals surface area contributed by atoms with Crippen LogP contribution < -0.4 is 0 Å². The fourth-order valence-electron chi connectivity index (χ4n) is 1.68. The third-order valence-corrected chi connectivity index (χ3v) is 2.60. The second-order valence-corrected chi connectivity index (χ2v) is 4.14. The molecule has 0 aliphatic rings. The number of aliphatic carboxylic acids is 1. The first-order chi connectivity index (χ1) is 9.58. The summed E-state index contributed by atoms with van der Waals surface area (Å²) in [6, 6.07) is 8.12. The van der Waals surface area contributed by atoms with Crippen LogP contribution in [0.2, 0.25) is 0 Å². The maximum atomic E-state index is 12.1. The minimum atomic E-state index is -1.28. The average molecular weight is 268 g/mol. The summed E-state index contributed by atoms with van der Waals surface area (Å²) in [6.45, 7) is 1.79. The Morgan fingerprint density at radius 2 is 1.95 bits per heavy atom. The number of carbonyl (C=O) groups excluding carboxylic acids is 1. The van der Waals surface area contributed by atoms with E-state index in [9.17, 15) is 14.7 Å². The molecule has 0 amide bonds. The predicted molar refractivity (Wildman–Crippen MR) is 73.2 cm³/mol. The molecule has 0 bridgehead atoms. The highest BCUT2D eigenvalue weighted by Crippen LogP contribution is 2.12. The van der Waals surface area contributed by atoms with E-state index in [4.69, 9.17) is 0 Å². The number of hydrogen-bond donors (Lipinski definition) is 1. The van der Waals surface area contributed by atoms with Crippen LogP contribution >= 0.6 is 0 Å². The van der Waals surface area contributed by atoms with Gasteiger partial charge < -0.3 is 5.11 Å². The second-order valence-electron chi connectivity index (χ2n) is 4.14. The molecule has 0 radical (unpaired) electrons. The summed E-state index contributed by atoms with van der Waals surface area (Å²) < 4.78 is 0. The van der Waals surface area contributed by atoms with Crippen LogP contribution in [0.4, 0.5) is 0 Å². The Bertz CT molecular complexity index is 679. The minimum absolute atomic E-state index is 0.104. The lowest BCUT2D eigenvalue weighted by Crippen LogP contribution is -2.13. The van der Waals surface area contributed by atoms with Crippen molar-refractivity contribution >= 4 is 17.8 Å². The molecule has 0 fully saturated rings.